The van der Waals surface area contributed by atoms with Gasteiger partial charge in [0.1, 0.15) is 17.3 Å². The highest BCUT2D eigenvalue weighted by atomic mass is 32.1. The van der Waals surface area contributed by atoms with E-state index in [-0.39, 0.29) is 41.3 Å². The second-order valence-corrected chi connectivity index (χ2v) is 14.6. The molecule has 11 heteroatoms. The number of benzene rings is 1. The van der Waals surface area contributed by atoms with E-state index in [9.17, 15) is 4.79 Å². The zero-order valence-corrected chi connectivity index (χ0v) is 27.2. The highest BCUT2D eigenvalue weighted by molar-refractivity contribution is 7.16. The maximum Gasteiger partial charge on any atom is 0.223 e. The quantitative estimate of drug-likeness (QED) is 0.241. The van der Waals surface area contributed by atoms with Crippen molar-refractivity contribution in [1.82, 2.24) is 34.6 Å². The number of likely N-dealkylation sites (N-methyl/N-ethyl adjacent to an activating group) is 1. The molecule has 1 amide bonds. The van der Waals surface area contributed by atoms with E-state index in [2.05, 4.69) is 39.8 Å². The predicted octanol–water partition coefficient (Wildman–Crippen LogP) is 6.08. The van der Waals surface area contributed by atoms with E-state index >= 15 is 4.39 Å². The lowest BCUT2D eigenvalue weighted by molar-refractivity contribution is -0.129. The molecule has 5 aliphatic rings. The number of ether oxygens (including phenoxy) is 1. The van der Waals surface area contributed by atoms with Crippen molar-refractivity contribution in [2.24, 2.45) is 5.92 Å². The number of rotatable bonds is 6. The molecule has 4 saturated heterocycles. The number of pyridine rings is 2. The number of thiazole rings is 1. The summed E-state index contributed by atoms with van der Waals surface area (Å²) in [4.78, 5) is 31.5. The zero-order valence-electron chi connectivity index (χ0n) is 26.4. The number of carbonyl (C=O) groups is 1. The molecule has 1 N–H and O–H groups in total. The summed E-state index contributed by atoms with van der Waals surface area (Å²) < 4.78 is 27.2. The van der Waals surface area contributed by atoms with Gasteiger partial charge in [-0.15, -0.1) is 11.3 Å². The lowest BCUT2D eigenvalue weighted by atomic mass is 9.79. The molecule has 238 valence electrons. The second kappa shape index (κ2) is 10.7. The van der Waals surface area contributed by atoms with Crippen LogP contribution in [-0.4, -0.2) is 80.1 Å². The fourth-order valence-corrected chi connectivity index (χ4v) is 9.61. The predicted molar refractivity (Wildman–Crippen MR) is 178 cm³/mol. The molecule has 9 nitrogen and oxygen atoms in total. The molecule has 10 rings (SSSR count). The Morgan fingerprint density at radius 2 is 2.02 bits per heavy atom. The number of hydrogen-bond acceptors (Lipinski definition) is 8. The minimum atomic E-state index is -0.467. The van der Waals surface area contributed by atoms with Gasteiger partial charge in [0.05, 0.1) is 38.7 Å². The Bertz CT molecular complexity index is 2010. The Kier molecular flexibility index (Phi) is 6.63. The van der Waals surface area contributed by atoms with Gasteiger partial charge in [0.15, 0.2) is 5.82 Å². The Labute approximate surface area is 270 Å². The van der Waals surface area contributed by atoms with Gasteiger partial charge < -0.3 is 19.5 Å². The molecule has 8 heterocycles. The van der Waals surface area contributed by atoms with Gasteiger partial charge in [0.25, 0.3) is 0 Å². The SMILES string of the molecule is CC(=O)N1CCC[C@@H]1c1cc2c(OC(C)[C@@H]3CCCN3C)nc3c(F)c(-c4cccc5scnc45)ncc3c2n1[C@H]1[C@H]2CN[C@@H]1C2. The summed E-state index contributed by atoms with van der Waals surface area (Å²) in [5.41, 5.74) is 5.68. The third kappa shape index (κ3) is 4.17. The number of carbonyl (C=O) groups excluding carboxylic acids is 1. The van der Waals surface area contributed by atoms with Crippen molar-refractivity contribution in [2.75, 3.05) is 26.7 Å². The summed E-state index contributed by atoms with van der Waals surface area (Å²) in [6, 6.07) is 8.73. The summed E-state index contributed by atoms with van der Waals surface area (Å²) >= 11 is 1.53. The summed E-state index contributed by atoms with van der Waals surface area (Å²) in [6.07, 6.45) is 6.80. The maximum atomic E-state index is 17.0. The number of fused-ring (bicyclic) bond motifs is 5. The smallest absolute Gasteiger partial charge is 0.223 e. The molecule has 2 bridgehead atoms. The van der Waals surface area contributed by atoms with Crippen LogP contribution in [0.4, 0.5) is 4.39 Å². The molecule has 4 aromatic heterocycles. The van der Waals surface area contributed by atoms with Crippen LogP contribution in [0.1, 0.15) is 63.7 Å². The third-order valence-electron chi connectivity index (χ3n) is 11.2. The molecule has 5 fully saturated rings. The third-order valence-corrected chi connectivity index (χ3v) is 12.0. The van der Waals surface area contributed by atoms with Crippen LogP contribution in [0.5, 0.6) is 5.88 Å². The van der Waals surface area contributed by atoms with Crippen LogP contribution in [0.15, 0.2) is 36.0 Å². The van der Waals surface area contributed by atoms with Gasteiger partial charge in [-0.05, 0) is 70.7 Å². The first-order valence-electron chi connectivity index (χ1n) is 16.6. The van der Waals surface area contributed by atoms with E-state index in [0.717, 1.165) is 78.6 Å². The minimum Gasteiger partial charge on any atom is -0.472 e. The lowest BCUT2D eigenvalue weighted by Crippen LogP contribution is -2.40. The zero-order chi connectivity index (χ0) is 31.3. The van der Waals surface area contributed by atoms with Crippen molar-refractivity contribution in [1.29, 1.82) is 0 Å². The van der Waals surface area contributed by atoms with E-state index in [1.807, 2.05) is 23.1 Å². The number of nitrogens with zero attached hydrogens (tertiary/aromatic N) is 6. The fraction of sp³-hybridized carbons (Fsp3) is 0.486. The van der Waals surface area contributed by atoms with E-state index < -0.39 is 5.82 Å². The largest absolute Gasteiger partial charge is 0.472 e. The molecular formula is C35H38FN7O2S. The molecule has 0 spiro atoms. The van der Waals surface area contributed by atoms with Crippen molar-refractivity contribution in [2.45, 2.75) is 76.2 Å². The molecule has 6 atom stereocenters. The Hall–Kier alpha value is -3.67. The highest BCUT2D eigenvalue weighted by Gasteiger charge is 2.50. The first-order chi connectivity index (χ1) is 22.4. The van der Waals surface area contributed by atoms with Gasteiger partial charge >= 0.3 is 0 Å². The first kappa shape index (κ1) is 28.5. The van der Waals surface area contributed by atoms with E-state index in [1.165, 1.54) is 11.3 Å². The number of halogens is 1. The average Bonchev–Trinajstić information content (AvgIpc) is 3.88. The number of para-hydroxylation sites is 1. The van der Waals surface area contributed by atoms with Gasteiger partial charge in [0, 0.05) is 54.9 Å². The number of aromatic nitrogens is 4. The maximum absolute atomic E-state index is 17.0. The normalized spacial score (nSPS) is 26.9. The molecule has 5 aromatic rings. The van der Waals surface area contributed by atoms with Crippen LogP contribution in [0, 0.1) is 11.7 Å². The number of hydrogen-bond donors (Lipinski definition) is 1. The van der Waals surface area contributed by atoms with Gasteiger partial charge in [-0.3, -0.25) is 14.7 Å². The van der Waals surface area contributed by atoms with Crippen LogP contribution in [0.3, 0.4) is 0 Å². The molecule has 46 heavy (non-hydrogen) atoms. The summed E-state index contributed by atoms with van der Waals surface area (Å²) in [6.45, 7) is 6.50. The Balaban J connectivity index is 1.31. The first-order valence-corrected chi connectivity index (χ1v) is 17.5. The summed E-state index contributed by atoms with van der Waals surface area (Å²) in [5.74, 6) is 0.542. The van der Waals surface area contributed by atoms with Gasteiger partial charge in [0.2, 0.25) is 11.8 Å². The van der Waals surface area contributed by atoms with Crippen LogP contribution in [0.25, 0.3) is 43.3 Å². The standard InChI is InChI=1S/C35H38FN7O2S/c1-18(25-8-5-11-41(25)3)45-35-22-14-27(26-9-6-12-42(26)19(2)44)43(33-20-13-24(33)37-15-20)34(22)23-16-38-31(29(36)32(23)40-35)21-7-4-10-28-30(21)39-17-46-28/h4,7,10,14,16-18,20,24-26,33,37H,5-6,8-9,11-13,15H2,1-3H3/t18?,20-,24-,25+,26-,33+/m1/s1. The van der Waals surface area contributed by atoms with Crippen molar-refractivity contribution < 1.29 is 13.9 Å². The molecule has 4 aliphatic heterocycles. The minimum absolute atomic E-state index is 0.0504. The van der Waals surface area contributed by atoms with Gasteiger partial charge in [-0.1, -0.05) is 12.1 Å². The number of nitrogens with one attached hydrogen (secondary N) is 1. The van der Waals surface area contributed by atoms with Crippen LogP contribution < -0.4 is 10.1 Å². The molecule has 1 aliphatic carbocycles. The average molecular weight is 640 g/mol. The van der Waals surface area contributed by atoms with Crippen LogP contribution in [0.2, 0.25) is 0 Å². The number of amides is 1. The monoisotopic (exact) mass is 639 g/mol. The molecular weight excluding hydrogens is 601 g/mol. The molecule has 1 saturated carbocycles. The topological polar surface area (TPSA) is 88.4 Å². The Morgan fingerprint density at radius 1 is 1.15 bits per heavy atom. The van der Waals surface area contributed by atoms with E-state index in [0.29, 0.717) is 28.8 Å². The van der Waals surface area contributed by atoms with Gasteiger partial charge in [-0.25, -0.2) is 14.4 Å². The highest BCUT2D eigenvalue weighted by Crippen LogP contribution is 2.51. The van der Waals surface area contributed by atoms with Crippen LogP contribution in [-0.2, 0) is 4.79 Å². The fourth-order valence-electron chi connectivity index (χ4n) is 8.91. The summed E-state index contributed by atoms with van der Waals surface area (Å²) in [7, 11) is 2.14. The van der Waals surface area contributed by atoms with E-state index in [4.69, 9.17) is 14.7 Å². The van der Waals surface area contributed by atoms with E-state index in [1.54, 1.807) is 18.6 Å². The van der Waals surface area contributed by atoms with Crippen molar-refractivity contribution >= 4 is 49.3 Å². The van der Waals surface area contributed by atoms with Gasteiger partial charge in [-0.2, -0.15) is 0 Å². The molecule has 0 radical (unpaired) electrons. The van der Waals surface area contributed by atoms with Crippen LogP contribution >= 0.6 is 11.3 Å². The van der Waals surface area contributed by atoms with Crippen molar-refractivity contribution in [3.05, 3.63) is 47.5 Å². The summed E-state index contributed by atoms with van der Waals surface area (Å²) in [5, 5.41) is 5.23. The molecule has 1 aromatic carbocycles. The van der Waals surface area contributed by atoms with Crippen molar-refractivity contribution in [3.8, 4) is 17.1 Å². The number of likely N-dealkylation sites (tertiary alicyclic amines) is 2. The second-order valence-electron chi connectivity index (χ2n) is 13.7. The van der Waals surface area contributed by atoms with Crippen molar-refractivity contribution in [3.63, 3.8) is 0 Å². The lowest BCUT2D eigenvalue weighted by Gasteiger charge is -2.39. The Morgan fingerprint density at radius 3 is 2.78 bits per heavy atom. The molecule has 1 unspecified atom stereocenters.